The second-order valence-electron chi connectivity index (χ2n) is 4.52. The molecule has 6 nitrogen and oxygen atoms in total. The second-order valence-corrected chi connectivity index (χ2v) is 4.52. The Morgan fingerprint density at radius 2 is 2.22 bits per heavy atom. The first kappa shape index (κ1) is 14.8. The molecule has 1 rings (SSSR count). The normalized spacial score (nSPS) is 21.1. The topological polar surface area (TPSA) is 87.7 Å². The number of carbonyl (C=O) groups is 2. The lowest BCUT2D eigenvalue weighted by molar-refractivity contribution is -0.139. The van der Waals surface area contributed by atoms with Gasteiger partial charge in [0.15, 0.2) is 0 Å². The van der Waals surface area contributed by atoms with Crippen molar-refractivity contribution < 1.29 is 19.4 Å². The molecule has 6 heteroatoms. The van der Waals surface area contributed by atoms with E-state index in [1.54, 1.807) is 0 Å². The lowest BCUT2D eigenvalue weighted by Crippen LogP contribution is -2.48. The van der Waals surface area contributed by atoms with Gasteiger partial charge in [-0.1, -0.05) is 13.3 Å². The van der Waals surface area contributed by atoms with Crippen LogP contribution in [-0.2, 0) is 9.53 Å². The van der Waals surface area contributed by atoms with Gasteiger partial charge in [-0.2, -0.15) is 0 Å². The van der Waals surface area contributed by atoms with Crippen LogP contribution in [0.2, 0.25) is 0 Å². The first-order valence-electron chi connectivity index (χ1n) is 6.52. The third kappa shape index (κ3) is 5.35. The van der Waals surface area contributed by atoms with E-state index in [4.69, 9.17) is 9.84 Å². The predicted octanol–water partition coefficient (Wildman–Crippen LogP) is 1.11. The van der Waals surface area contributed by atoms with Crippen molar-refractivity contribution in [1.29, 1.82) is 0 Å². The molecule has 1 fully saturated rings. The minimum Gasteiger partial charge on any atom is -0.480 e. The Labute approximate surface area is 107 Å². The lowest BCUT2D eigenvalue weighted by Gasteiger charge is -2.23. The SMILES string of the molecule is CCC[C@H](NC(=O)NCC1CCCCO1)C(=O)O. The molecule has 0 aliphatic carbocycles. The number of carboxylic acid groups (broad SMARTS) is 1. The van der Waals surface area contributed by atoms with E-state index in [1.165, 1.54) is 0 Å². The van der Waals surface area contributed by atoms with Crippen LogP contribution in [0.1, 0.15) is 39.0 Å². The Hall–Kier alpha value is -1.30. The number of hydrogen-bond acceptors (Lipinski definition) is 3. The van der Waals surface area contributed by atoms with Gasteiger partial charge < -0.3 is 20.5 Å². The molecule has 2 atom stereocenters. The van der Waals surface area contributed by atoms with Gasteiger partial charge in [0.05, 0.1) is 6.10 Å². The minimum absolute atomic E-state index is 0.0546. The Morgan fingerprint density at radius 1 is 1.44 bits per heavy atom. The lowest BCUT2D eigenvalue weighted by atomic mass is 10.1. The predicted molar refractivity (Wildman–Crippen MR) is 66.5 cm³/mol. The van der Waals surface area contributed by atoms with Crippen LogP contribution in [0, 0.1) is 0 Å². The Morgan fingerprint density at radius 3 is 2.78 bits per heavy atom. The summed E-state index contributed by atoms with van der Waals surface area (Å²) in [6, 6.07) is -1.26. The van der Waals surface area contributed by atoms with Crippen LogP contribution in [0.4, 0.5) is 4.79 Å². The average molecular weight is 258 g/mol. The van der Waals surface area contributed by atoms with Crippen LogP contribution < -0.4 is 10.6 Å². The molecule has 0 bridgehead atoms. The molecule has 0 aromatic heterocycles. The maximum atomic E-state index is 11.5. The second kappa shape index (κ2) is 7.92. The van der Waals surface area contributed by atoms with Crippen molar-refractivity contribution in [2.45, 2.75) is 51.2 Å². The van der Waals surface area contributed by atoms with Crippen LogP contribution >= 0.6 is 0 Å². The third-order valence-corrected chi connectivity index (χ3v) is 2.95. The fraction of sp³-hybridized carbons (Fsp3) is 0.833. The molecule has 1 saturated heterocycles. The fourth-order valence-corrected chi connectivity index (χ4v) is 1.93. The van der Waals surface area contributed by atoms with Crippen molar-refractivity contribution in [3.8, 4) is 0 Å². The van der Waals surface area contributed by atoms with Crippen LogP contribution in [0.3, 0.4) is 0 Å². The number of nitrogens with one attached hydrogen (secondary N) is 2. The van der Waals surface area contributed by atoms with Gasteiger partial charge in [-0.15, -0.1) is 0 Å². The van der Waals surface area contributed by atoms with Crippen LogP contribution in [0.25, 0.3) is 0 Å². The minimum atomic E-state index is -0.999. The van der Waals surface area contributed by atoms with Gasteiger partial charge in [0, 0.05) is 13.2 Å². The smallest absolute Gasteiger partial charge is 0.326 e. The molecular weight excluding hydrogens is 236 g/mol. The number of aliphatic carboxylic acids is 1. The Kier molecular flexibility index (Phi) is 6.49. The molecule has 3 N–H and O–H groups in total. The monoisotopic (exact) mass is 258 g/mol. The number of carboxylic acids is 1. The average Bonchev–Trinajstić information content (AvgIpc) is 2.37. The maximum absolute atomic E-state index is 11.5. The Bertz CT molecular complexity index is 277. The quantitative estimate of drug-likeness (QED) is 0.666. The molecule has 2 amide bonds. The summed E-state index contributed by atoms with van der Waals surface area (Å²) in [6.07, 6.45) is 4.32. The van der Waals surface area contributed by atoms with Gasteiger partial charge in [0.2, 0.25) is 0 Å². The van der Waals surface area contributed by atoms with Crippen molar-refractivity contribution in [2.75, 3.05) is 13.2 Å². The van der Waals surface area contributed by atoms with E-state index in [1.807, 2.05) is 6.92 Å². The molecule has 0 aromatic carbocycles. The molecule has 0 radical (unpaired) electrons. The van der Waals surface area contributed by atoms with Crippen molar-refractivity contribution in [3.05, 3.63) is 0 Å². The maximum Gasteiger partial charge on any atom is 0.326 e. The number of amides is 2. The van der Waals surface area contributed by atoms with Crippen LogP contribution in [0.15, 0.2) is 0 Å². The van der Waals surface area contributed by atoms with E-state index in [9.17, 15) is 9.59 Å². The largest absolute Gasteiger partial charge is 0.480 e. The van der Waals surface area contributed by atoms with Crippen molar-refractivity contribution >= 4 is 12.0 Å². The van der Waals surface area contributed by atoms with Crippen molar-refractivity contribution in [1.82, 2.24) is 10.6 Å². The standard InChI is InChI=1S/C12H22N2O4/c1-2-5-10(11(15)16)14-12(17)13-8-9-6-3-4-7-18-9/h9-10H,2-8H2,1H3,(H,15,16)(H2,13,14,17)/t9?,10-/m0/s1. The molecule has 18 heavy (non-hydrogen) atoms. The molecule has 0 aromatic rings. The zero-order valence-electron chi connectivity index (χ0n) is 10.8. The van der Waals surface area contributed by atoms with Gasteiger partial charge in [0.25, 0.3) is 0 Å². The highest BCUT2D eigenvalue weighted by atomic mass is 16.5. The van der Waals surface area contributed by atoms with E-state index in [0.29, 0.717) is 19.4 Å². The number of hydrogen-bond donors (Lipinski definition) is 3. The first-order valence-corrected chi connectivity index (χ1v) is 6.52. The van der Waals surface area contributed by atoms with Crippen molar-refractivity contribution in [2.24, 2.45) is 0 Å². The van der Waals surface area contributed by atoms with Gasteiger partial charge >= 0.3 is 12.0 Å². The highest BCUT2D eigenvalue weighted by Gasteiger charge is 2.20. The summed E-state index contributed by atoms with van der Waals surface area (Å²) in [7, 11) is 0. The van der Waals surface area contributed by atoms with Crippen LogP contribution in [0.5, 0.6) is 0 Å². The van der Waals surface area contributed by atoms with Gasteiger partial charge in [-0.25, -0.2) is 9.59 Å². The molecule has 104 valence electrons. The number of rotatable bonds is 6. The third-order valence-electron chi connectivity index (χ3n) is 2.95. The summed E-state index contributed by atoms with van der Waals surface area (Å²) < 4.78 is 5.47. The van der Waals surface area contributed by atoms with Gasteiger partial charge in [-0.05, 0) is 25.7 Å². The fourth-order valence-electron chi connectivity index (χ4n) is 1.93. The summed E-state index contributed by atoms with van der Waals surface area (Å²) in [6.45, 7) is 3.05. The Balaban J connectivity index is 2.24. The van der Waals surface area contributed by atoms with Gasteiger partial charge in [-0.3, -0.25) is 0 Å². The molecular formula is C12H22N2O4. The molecule has 1 heterocycles. The number of ether oxygens (including phenoxy) is 1. The number of carbonyl (C=O) groups excluding carboxylic acids is 1. The highest BCUT2D eigenvalue weighted by molar-refractivity contribution is 5.82. The first-order chi connectivity index (χ1) is 8.63. The van der Waals surface area contributed by atoms with E-state index in [0.717, 1.165) is 25.9 Å². The van der Waals surface area contributed by atoms with E-state index in [-0.39, 0.29) is 6.10 Å². The van der Waals surface area contributed by atoms with E-state index in [2.05, 4.69) is 10.6 Å². The molecule has 1 aliphatic rings. The van der Waals surface area contributed by atoms with E-state index < -0.39 is 18.0 Å². The van der Waals surface area contributed by atoms with Gasteiger partial charge in [0.1, 0.15) is 6.04 Å². The molecule has 0 spiro atoms. The van der Waals surface area contributed by atoms with Crippen molar-refractivity contribution in [3.63, 3.8) is 0 Å². The highest BCUT2D eigenvalue weighted by Crippen LogP contribution is 2.11. The summed E-state index contributed by atoms with van der Waals surface area (Å²) >= 11 is 0. The summed E-state index contributed by atoms with van der Waals surface area (Å²) in [5.41, 5.74) is 0. The van der Waals surface area contributed by atoms with E-state index >= 15 is 0 Å². The van der Waals surface area contributed by atoms with Crippen LogP contribution in [-0.4, -0.2) is 42.4 Å². The number of urea groups is 1. The molecule has 1 unspecified atom stereocenters. The summed E-state index contributed by atoms with van der Waals surface area (Å²) in [5, 5.41) is 14.0. The summed E-state index contributed by atoms with van der Waals surface area (Å²) in [4.78, 5) is 22.4. The zero-order chi connectivity index (χ0) is 13.4. The zero-order valence-corrected chi connectivity index (χ0v) is 10.8. The molecule has 0 saturated carbocycles. The summed E-state index contributed by atoms with van der Waals surface area (Å²) in [5.74, 6) is -0.999. The molecule has 1 aliphatic heterocycles.